The highest BCUT2D eigenvalue weighted by molar-refractivity contribution is 6.17. The molecule has 4 heteroatoms. The van der Waals surface area contributed by atoms with Crippen molar-refractivity contribution in [3.8, 4) is 0 Å². The number of fused-ring (bicyclic) bond motifs is 1. The summed E-state index contributed by atoms with van der Waals surface area (Å²) in [5, 5.41) is 0. The van der Waals surface area contributed by atoms with E-state index in [0.29, 0.717) is 17.8 Å². The van der Waals surface area contributed by atoms with E-state index in [-0.39, 0.29) is 0 Å². The molecule has 0 saturated carbocycles. The molecule has 0 N–H and O–H groups in total. The van der Waals surface area contributed by atoms with Crippen LogP contribution in [0.4, 0.5) is 0 Å². The molecule has 0 amide bonds. The first-order valence-corrected chi connectivity index (χ1v) is 7.52. The van der Waals surface area contributed by atoms with Gasteiger partial charge in [-0.2, -0.15) is 0 Å². The van der Waals surface area contributed by atoms with Crippen LogP contribution in [0, 0.1) is 12.8 Å². The predicted octanol–water partition coefficient (Wildman–Crippen LogP) is 4.13. The van der Waals surface area contributed by atoms with E-state index in [1.54, 1.807) is 0 Å². The molecule has 0 aliphatic heterocycles. The lowest BCUT2D eigenvalue weighted by molar-refractivity contribution is 0.363. The minimum Gasteiger partial charge on any atom is -0.309 e. The van der Waals surface area contributed by atoms with Gasteiger partial charge in [-0.15, -0.1) is 11.6 Å². The van der Waals surface area contributed by atoms with E-state index in [4.69, 9.17) is 16.6 Å². The summed E-state index contributed by atoms with van der Waals surface area (Å²) in [7, 11) is 0. The van der Waals surface area contributed by atoms with Crippen molar-refractivity contribution < 1.29 is 0 Å². The van der Waals surface area contributed by atoms with Crippen LogP contribution in [0.2, 0.25) is 0 Å². The maximum atomic E-state index is 5.93. The molecule has 2 aromatic heterocycles. The van der Waals surface area contributed by atoms with Gasteiger partial charge in [0, 0.05) is 24.5 Å². The van der Waals surface area contributed by atoms with Crippen molar-refractivity contribution >= 4 is 22.8 Å². The normalized spacial score (nSPS) is 13.4. The molecule has 0 bridgehead atoms. The van der Waals surface area contributed by atoms with Crippen LogP contribution in [-0.2, 0) is 6.42 Å². The van der Waals surface area contributed by atoms with Gasteiger partial charge < -0.3 is 4.57 Å². The van der Waals surface area contributed by atoms with Gasteiger partial charge in [-0.25, -0.2) is 9.97 Å². The van der Waals surface area contributed by atoms with Gasteiger partial charge in [-0.3, -0.25) is 0 Å². The second kappa shape index (κ2) is 5.91. The Balaban J connectivity index is 2.67. The minimum atomic E-state index is 0.428. The maximum Gasteiger partial charge on any atom is 0.160 e. The van der Waals surface area contributed by atoms with Gasteiger partial charge >= 0.3 is 0 Å². The molecule has 0 fully saturated rings. The molecule has 0 aliphatic rings. The van der Waals surface area contributed by atoms with Gasteiger partial charge in [0.05, 0.1) is 0 Å². The fourth-order valence-corrected chi connectivity index (χ4v) is 2.89. The van der Waals surface area contributed by atoms with Gasteiger partial charge in [0.1, 0.15) is 11.3 Å². The van der Waals surface area contributed by atoms with Crippen molar-refractivity contribution in [1.29, 1.82) is 0 Å². The Morgan fingerprint density at radius 2 is 2.11 bits per heavy atom. The highest BCUT2D eigenvalue weighted by atomic mass is 35.5. The second-order valence-electron chi connectivity index (χ2n) is 5.36. The lowest BCUT2D eigenvalue weighted by Crippen LogP contribution is -2.17. The van der Waals surface area contributed by atoms with E-state index < -0.39 is 0 Å². The monoisotopic (exact) mass is 279 g/mol. The lowest BCUT2D eigenvalue weighted by atomic mass is 10.0. The molecule has 3 nitrogen and oxygen atoms in total. The van der Waals surface area contributed by atoms with Crippen LogP contribution in [-0.4, -0.2) is 20.4 Å². The number of hydrogen-bond donors (Lipinski definition) is 0. The first-order chi connectivity index (χ1) is 9.10. The highest BCUT2D eigenvalue weighted by Crippen LogP contribution is 2.29. The Morgan fingerprint density at radius 1 is 1.37 bits per heavy atom. The number of aromatic nitrogens is 3. The largest absolute Gasteiger partial charge is 0.309 e. The molecular formula is C15H22ClN3. The molecule has 19 heavy (non-hydrogen) atoms. The van der Waals surface area contributed by atoms with Crippen molar-refractivity contribution in [1.82, 2.24) is 14.5 Å². The number of pyridine rings is 1. The SMILES string of the molecule is CCC(C(C)C)n1c(CCCl)nc2c(C)ccnc21. The third-order valence-electron chi connectivity index (χ3n) is 3.69. The summed E-state index contributed by atoms with van der Waals surface area (Å²) in [6.07, 6.45) is 3.74. The van der Waals surface area contributed by atoms with E-state index in [0.717, 1.165) is 29.8 Å². The molecule has 1 unspecified atom stereocenters. The smallest absolute Gasteiger partial charge is 0.160 e. The van der Waals surface area contributed by atoms with Crippen LogP contribution in [0.25, 0.3) is 11.2 Å². The van der Waals surface area contributed by atoms with Gasteiger partial charge in [0.2, 0.25) is 0 Å². The van der Waals surface area contributed by atoms with Crippen molar-refractivity contribution in [3.63, 3.8) is 0 Å². The van der Waals surface area contributed by atoms with Crippen molar-refractivity contribution in [2.75, 3.05) is 5.88 Å². The number of hydrogen-bond acceptors (Lipinski definition) is 2. The quantitative estimate of drug-likeness (QED) is 0.771. The van der Waals surface area contributed by atoms with Gasteiger partial charge in [-0.05, 0) is 30.9 Å². The van der Waals surface area contributed by atoms with E-state index in [9.17, 15) is 0 Å². The summed E-state index contributed by atoms with van der Waals surface area (Å²) in [5.74, 6) is 2.21. The molecule has 1 atom stereocenters. The van der Waals surface area contributed by atoms with E-state index in [1.807, 2.05) is 12.3 Å². The van der Waals surface area contributed by atoms with E-state index in [1.165, 1.54) is 5.56 Å². The van der Waals surface area contributed by atoms with Crippen molar-refractivity contribution in [2.45, 2.75) is 46.6 Å². The van der Waals surface area contributed by atoms with Crippen molar-refractivity contribution in [3.05, 3.63) is 23.7 Å². The average Bonchev–Trinajstić information content (AvgIpc) is 2.71. The zero-order valence-electron chi connectivity index (χ0n) is 12.2. The molecule has 0 spiro atoms. The molecule has 104 valence electrons. The van der Waals surface area contributed by atoms with Crippen LogP contribution in [0.3, 0.4) is 0 Å². The second-order valence-corrected chi connectivity index (χ2v) is 5.73. The number of nitrogens with zero attached hydrogens (tertiary/aromatic N) is 3. The van der Waals surface area contributed by atoms with E-state index >= 15 is 0 Å². The number of imidazole rings is 1. The van der Waals surface area contributed by atoms with Crippen LogP contribution < -0.4 is 0 Å². The fraction of sp³-hybridized carbons (Fsp3) is 0.600. The number of halogens is 1. The van der Waals surface area contributed by atoms with E-state index in [2.05, 4.69) is 37.2 Å². The zero-order chi connectivity index (χ0) is 14.0. The third-order valence-corrected chi connectivity index (χ3v) is 3.88. The van der Waals surface area contributed by atoms with Gasteiger partial charge in [-0.1, -0.05) is 20.8 Å². The summed E-state index contributed by atoms with van der Waals surface area (Å²) in [6.45, 7) is 8.81. The Labute approximate surface area is 120 Å². The first kappa shape index (κ1) is 14.3. The molecule has 2 rings (SSSR count). The predicted molar refractivity (Wildman–Crippen MR) is 80.9 cm³/mol. The summed E-state index contributed by atoms with van der Waals surface area (Å²) in [4.78, 5) is 9.32. The Bertz CT molecular complexity index is 560. The van der Waals surface area contributed by atoms with Crippen LogP contribution in [0.15, 0.2) is 12.3 Å². The lowest BCUT2D eigenvalue weighted by Gasteiger charge is -2.23. The Kier molecular flexibility index (Phi) is 4.46. The number of rotatable bonds is 5. The van der Waals surface area contributed by atoms with Gasteiger partial charge in [0.15, 0.2) is 5.65 Å². The zero-order valence-corrected chi connectivity index (χ0v) is 12.9. The standard InChI is InChI=1S/C15H22ClN3/c1-5-12(10(2)3)19-13(6-8-16)18-14-11(4)7-9-17-15(14)19/h7,9-10,12H,5-6,8H2,1-4H3. The first-order valence-electron chi connectivity index (χ1n) is 6.98. The highest BCUT2D eigenvalue weighted by Gasteiger charge is 2.21. The van der Waals surface area contributed by atoms with Crippen LogP contribution in [0.5, 0.6) is 0 Å². The summed E-state index contributed by atoms with van der Waals surface area (Å²) < 4.78 is 2.30. The molecule has 0 saturated heterocycles. The Morgan fingerprint density at radius 3 is 2.68 bits per heavy atom. The minimum absolute atomic E-state index is 0.428. The van der Waals surface area contributed by atoms with Crippen LogP contribution >= 0.6 is 11.6 Å². The number of aryl methyl sites for hydroxylation is 2. The molecule has 2 aromatic rings. The summed E-state index contributed by atoms with van der Waals surface area (Å²) in [6, 6.07) is 2.44. The number of alkyl halides is 1. The van der Waals surface area contributed by atoms with Gasteiger partial charge in [0.25, 0.3) is 0 Å². The van der Waals surface area contributed by atoms with Crippen molar-refractivity contribution in [2.24, 2.45) is 5.92 Å². The molecular weight excluding hydrogens is 258 g/mol. The molecule has 0 aromatic carbocycles. The maximum absolute atomic E-state index is 5.93. The molecule has 0 aliphatic carbocycles. The average molecular weight is 280 g/mol. The topological polar surface area (TPSA) is 30.7 Å². The summed E-state index contributed by atoms with van der Waals surface area (Å²) >= 11 is 5.93. The third kappa shape index (κ3) is 2.62. The summed E-state index contributed by atoms with van der Waals surface area (Å²) in [5.41, 5.74) is 3.19. The molecule has 2 heterocycles. The Hall–Kier alpha value is -1.09. The fourth-order valence-electron chi connectivity index (χ4n) is 2.72. The molecule has 0 radical (unpaired) electrons. The van der Waals surface area contributed by atoms with Crippen LogP contribution in [0.1, 0.15) is 44.6 Å².